The highest BCUT2D eigenvalue weighted by molar-refractivity contribution is 5.94. The predicted octanol–water partition coefficient (Wildman–Crippen LogP) is 1.98. The first-order valence-electron chi connectivity index (χ1n) is 10.4. The van der Waals surface area contributed by atoms with Gasteiger partial charge < -0.3 is 25.0 Å². The Bertz CT molecular complexity index is 687. The standard InChI is InChI=1S/C21H32N4O4/c1-21(2,3)29-20(27)25-10-6-16(7-11-25)28-12-4-8-23-19(26)18-13-15-14-22-9-5-17(15)24-18/h5,9,13-17,24H,4,6-8,10-12H2,1-3H3,(H,23,26). The van der Waals surface area contributed by atoms with Crippen LogP contribution in [-0.4, -0.2) is 67.1 Å². The van der Waals surface area contributed by atoms with Crippen LogP contribution >= 0.6 is 0 Å². The normalized spacial score (nSPS) is 24.0. The number of carbonyl (C=O) groups is 2. The average molecular weight is 405 g/mol. The van der Waals surface area contributed by atoms with Gasteiger partial charge in [0.05, 0.1) is 17.8 Å². The summed E-state index contributed by atoms with van der Waals surface area (Å²) in [4.78, 5) is 30.2. The van der Waals surface area contributed by atoms with Crippen LogP contribution in [0, 0.1) is 5.92 Å². The number of hydrogen-bond donors (Lipinski definition) is 2. The van der Waals surface area contributed by atoms with E-state index in [1.165, 1.54) is 0 Å². The molecule has 0 aromatic heterocycles. The molecule has 3 rings (SSSR count). The number of nitrogens with one attached hydrogen (secondary N) is 2. The van der Waals surface area contributed by atoms with Crippen molar-refractivity contribution in [1.82, 2.24) is 15.5 Å². The highest BCUT2D eigenvalue weighted by Gasteiger charge is 2.28. The van der Waals surface area contributed by atoms with Crippen LogP contribution < -0.4 is 10.6 Å². The molecule has 0 spiro atoms. The molecule has 0 aromatic rings. The van der Waals surface area contributed by atoms with Gasteiger partial charge in [-0.3, -0.25) is 9.79 Å². The molecule has 29 heavy (non-hydrogen) atoms. The van der Waals surface area contributed by atoms with E-state index < -0.39 is 5.60 Å². The van der Waals surface area contributed by atoms with Gasteiger partial charge in [-0.15, -0.1) is 0 Å². The van der Waals surface area contributed by atoms with Crippen molar-refractivity contribution in [3.8, 4) is 0 Å². The van der Waals surface area contributed by atoms with E-state index in [0.717, 1.165) is 19.3 Å². The number of rotatable bonds is 6. The van der Waals surface area contributed by atoms with Crippen LogP contribution in [0.25, 0.3) is 0 Å². The van der Waals surface area contributed by atoms with Crippen molar-refractivity contribution in [3.63, 3.8) is 0 Å². The van der Waals surface area contributed by atoms with E-state index >= 15 is 0 Å². The lowest BCUT2D eigenvalue weighted by Crippen LogP contribution is -2.43. The molecule has 2 N–H and O–H groups in total. The highest BCUT2D eigenvalue weighted by atomic mass is 16.6. The van der Waals surface area contributed by atoms with E-state index in [9.17, 15) is 9.59 Å². The number of amides is 2. The predicted molar refractivity (Wildman–Crippen MR) is 111 cm³/mol. The fourth-order valence-corrected chi connectivity index (χ4v) is 3.52. The van der Waals surface area contributed by atoms with Crippen LogP contribution in [0.3, 0.4) is 0 Å². The quantitative estimate of drug-likeness (QED) is 0.661. The number of piperidine rings is 1. The maximum atomic E-state index is 12.3. The first-order valence-corrected chi connectivity index (χ1v) is 10.4. The Balaban J connectivity index is 1.26. The van der Waals surface area contributed by atoms with Gasteiger partial charge in [0, 0.05) is 44.6 Å². The van der Waals surface area contributed by atoms with Crippen LogP contribution in [-0.2, 0) is 14.3 Å². The van der Waals surface area contributed by atoms with Crippen molar-refractivity contribution in [2.75, 3.05) is 26.2 Å². The zero-order valence-corrected chi connectivity index (χ0v) is 17.5. The third kappa shape index (κ3) is 6.32. The lowest BCUT2D eigenvalue weighted by molar-refractivity contribution is -0.117. The second-order valence-electron chi connectivity index (χ2n) is 8.61. The molecule has 2 atom stereocenters. The van der Waals surface area contributed by atoms with Crippen molar-refractivity contribution in [2.45, 2.75) is 57.8 Å². The Labute approximate surface area is 172 Å². The second-order valence-corrected chi connectivity index (χ2v) is 8.61. The molecule has 160 valence electrons. The van der Waals surface area contributed by atoms with Crippen molar-refractivity contribution in [3.05, 3.63) is 24.0 Å². The summed E-state index contributed by atoms with van der Waals surface area (Å²) in [5.74, 6) is 0.0579. The maximum Gasteiger partial charge on any atom is 0.410 e. The summed E-state index contributed by atoms with van der Waals surface area (Å²) in [6.45, 7) is 8.07. The molecule has 3 heterocycles. The minimum absolute atomic E-state index is 0.0909. The maximum absolute atomic E-state index is 12.3. The number of fused-ring (bicyclic) bond motifs is 1. The van der Waals surface area contributed by atoms with Gasteiger partial charge in [-0.05, 0) is 52.2 Å². The molecule has 8 heteroatoms. The topological polar surface area (TPSA) is 92.3 Å². The van der Waals surface area contributed by atoms with E-state index in [4.69, 9.17) is 9.47 Å². The minimum Gasteiger partial charge on any atom is -0.444 e. The average Bonchev–Trinajstić information content (AvgIpc) is 3.11. The SMILES string of the molecule is CC(C)(C)OC(=O)N1CCC(OCCCNC(=O)C2=CC3C=NC=CC3N2)CC1. The van der Waals surface area contributed by atoms with Crippen LogP contribution in [0.1, 0.15) is 40.0 Å². The number of ether oxygens (including phenoxy) is 2. The van der Waals surface area contributed by atoms with E-state index in [-0.39, 0.29) is 30.1 Å². The van der Waals surface area contributed by atoms with Crippen LogP contribution in [0.2, 0.25) is 0 Å². The molecule has 0 radical (unpaired) electrons. The third-order valence-corrected chi connectivity index (χ3v) is 5.03. The number of hydrogen-bond acceptors (Lipinski definition) is 6. The summed E-state index contributed by atoms with van der Waals surface area (Å²) in [6, 6.07) is 0.128. The van der Waals surface area contributed by atoms with E-state index in [0.29, 0.717) is 31.9 Å². The molecule has 3 aliphatic rings. The first kappa shape index (κ1) is 21.4. The van der Waals surface area contributed by atoms with Gasteiger partial charge in [-0.1, -0.05) is 0 Å². The third-order valence-electron chi connectivity index (χ3n) is 5.03. The highest BCUT2D eigenvalue weighted by Crippen LogP contribution is 2.19. The molecule has 3 aliphatic heterocycles. The summed E-state index contributed by atoms with van der Waals surface area (Å²) < 4.78 is 11.3. The second kappa shape index (κ2) is 9.43. The number of likely N-dealkylation sites (tertiary alicyclic amines) is 1. The van der Waals surface area contributed by atoms with Gasteiger partial charge in [0.15, 0.2) is 0 Å². The van der Waals surface area contributed by atoms with E-state index in [1.807, 2.05) is 39.1 Å². The van der Waals surface area contributed by atoms with Crippen LogP contribution in [0.15, 0.2) is 29.0 Å². The van der Waals surface area contributed by atoms with Gasteiger partial charge >= 0.3 is 6.09 Å². The van der Waals surface area contributed by atoms with Crippen molar-refractivity contribution in [2.24, 2.45) is 10.9 Å². The summed E-state index contributed by atoms with van der Waals surface area (Å²) >= 11 is 0. The summed E-state index contributed by atoms with van der Waals surface area (Å²) in [5, 5.41) is 6.14. The Morgan fingerprint density at radius 2 is 2.07 bits per heavy atom. The Morgan fingerprint density at radius 1 is 1.31 bits per heavy atom. The van der Waals surface area contributed by atoms with E-state index in [1.54, 1.807) is 11.1 Å². The van der Waals surface area contributed by atoms with Crippen molar-refractivity contribution < 1.29 is 19.1 Å². The van der Waals surface area contributed by atoms with Gasteiger partial charge in [0.2, 0.25) is 0 Å². The fraction of sp³-hybridized carbons (Fsp3) is 0.667. The molecule has 0 saturated carbocycles. The molecule has 2 unspecified atom stereocenters. The van der Waals surface area contributed by atoms with Crippen LogP contribution in [0.5, 0.6) is 0 Å². The lowest BCUT2D eigenvalue weighted by Gasteiger charge is -2.33. The number of aliphatic imine (C=N–C) groups is 1. The molecule has 8 nitrogen and oxygen atoms in total. The molecule has 1 fully saturated rings. The van der Waals surface area contributed by atoms with Gasteiger partial charge in [0.25, 0.3) is 5.91 Å². The van der Waals surface area contributed by atoms with Crippen LogP contribution in [0.4, 0.5) is 4.79 Å². The van der Waals surface area contributed by atoms with Crippen molar-refractivity contribution in [1.29, 1.82) is 0 Å². The molecular weight excluding hydrogens is 372 g/mol. The zero-order valence-electron chi connectivity index (χ0n) is 17.5. The molecule has 0 aliphatic carbocycles. The number of nitrogens with zero attached hydrogens (tertiary/aromatic N) is 2. The first-order chi connectivity index (χ1) is 13.8. The zero-order chi connectivity index (χ0) is 20.9. The van der Waals surface area contributed by atoms with E-state index in [2.05, 4.69) is 15.6 Å². The number of carbonyl (C=O) groups excluding carboxylic acids is 2. The molecule has 0 aromatic carbocycles. The monoisotopic (exact) mass is 404 g/mol. The Hall–Kier alpha value is -2.35. The smallest absolute Gasteiger partial charge is 0.410 e. The fourth-order valence-electron chi connectivity index (χ4n) is 3.52. The molecular formula is C21H32N4O4. The summed E-state index contributed by atoms with van der Waals surface area (Å²) in [7, 11) is 0. The summed E-state index contributed by atoms with van der Waals surface area (Å²) in [6.07, 6.45) is 9.73. The molecule has 1 saturated heterocycles. The largest absolute Gasteiger partial charge is 0.444 e. The molecule has 0 bridgehead atoms. The Morgan fingerprint density at radius 3 is 2.76 bits per heavy atom. The minimum atomic E-state index is -0.471. The van der Waals surface area contributed by atoms with Crippen molar-refractivity contribution >= 4 is 18.2 Å². The van der Waals surface area contributed by atoms with Gasteiger partial charge in [-0.25, -0.2) is 4.79 Å². The van der Waals surface area contributed by atoms with Gasteiger partial charge in [-0.2, -0.15) is 0 Å². The van der Waals surface area contributed by atoms with Gasteiger partial charge in [0.1, 0.15) is 5.60 Å². The Kier molecular flexibility index (Phi) is 6.95. The molecule has 2 amide bonds. The summed E-state index contributed by atoms with van der Waals surface area (Å²) in [5.41, 5.74) is 0.134. The lowest BCUT2D eigenvalue weighted by atomic mass is 10.0.